The maximum Gasteiger partial charge on any atom is 0.308 e. The zero-order valence-corrected chi connectivity index (χ0v) is 9.67. The van der Waals surface area contributed by atoms with Crippen molar-refractivity contribution in [3.8, 4) is 0 Å². The van der Waals surface area contributed by atoms with Crippen LogP contribution in [0.5, 0.6) is 0 Å². The van der Waals surface area contributed by atoms with Gasteiger partial charge in [0.25, 0.3) is 5.91 Å². The Hall–Kier alpha value is -1.30. The number of rotatable bonds is 4. The molecule has 0 saturated carbocycles. The first-order valence-electron chi connectivity index (χ1n) is 4.35. The van der Waals surface area contributed by atoms with Gasteiger partial charge in [-0.2, -0.15) is 0 Å². The van der Waals surface area contributed by atoms with E-state index in [4.69, 9.17) is 5.11 Å². The molecule has 0 fully saturated rings. The van der Waals surface area contributed by atoms with Crippen LogP contribution in [0.4, 0.5) is 0 Å². The molecule has 0 aliphatic rings. The first-order valence-corrected chi connectivity index (χ1v) is 5.15. The lowest BCUT2D eigenvalue weighted by Crippen LogP contribution is -2.31. The summed E-state index contributed by atoms with van der Waals surface area (Å²) in [7, 11) is 0. The Kier molecular flexibility index (Phi) is 3.90. The normalized spacial score (nSPS) is 12.1. The molecule has 3 N–H and O–H groups in total. The minimum atomic E-state index is -0.928. The maximum absolute atomic E-state index is 11.4. The molecular weight excluding hydrogens is 264 g/mol. The standard InChI is InChI=1S/C9H11BrN2O3/c1-5(9(14)15)3-12-8(13)7-2-6(10)4-11-7/h2,4-5,11H,3H2,1H3,(H,12,13)(H,14,15). The molecule has 6 heteroatoms. The fourth-order valence-electron chi connectivity index (χ4n) is 0.927. The van der Waals surface area contributed by atoms with Crippen molar-refractivity contribution in [2.75, 3.05) is 6.54 Å². The molecule has 1 aromatic rings. The summed E-state index contributed by atoms with van der Waals surface area (Å²) in [5.41, 5.74) is 0.402. The second kappa shape index (κ2) is 4.97. The van der Waals surface area contributed by atoms with Crippen LogP contribution < -0.4 is 5.32 Å². The number of hydrogen-bond acceptors (Lipinski definition) is 2. The number of nitrogens with one attached hydrogen (secondary N) is 2. The van der Waals surface area contributed by atoms with Gasteiger partial charge in [0.05, 0.1) is 5.92 Å². The van der Waals surface area contributed by atoms with Crippen molar-refractivity contribution < 1.29 is 14.7 Å². The van der Waals surface area contributed by atoms with Crippen LogP contribution in [0.3, 0.4) is 0 Å². The molecule has 1 amide bonds. The second-order valence-corrected chi connectivity index (χ2v) is 4.10. The lowest BCUT2D eigenvalue weighted by Gasteiger charge is -2.06. The number of carbonyl (C=O) groups is 2. The van der Waals surface area contributed by atoms with Crippen molar-refractivity contribution in [1.29, 1.82) is 0 Å². The van der Waals surface area contributed by atoms with Crippen LogP contribution in [-0.4, -0.2) is 28.5 Å². The third-order valence-corrected chi connectivity index (χ3v) is 2.34. The number of H-pyrrole nitrogens is 1. The largest absolute Gasteiger partial charge is 0.481 e. The Bertz CT molecular complexity index is 375. The number of carboxylic acid groups (broad SMARTS) is 1. The molecule has 0 radical (unpaired) electrons. The van der Waals surface area contributed by atoms with E-state index in [0.717, 1.165) is 4.47 Å². The first-order chi connectivity index (χ1) is 7.00. The van der Waals surface area contributed by atoms with E-state index in [1.807, 2.05) is 0 Å². The topological polar surface area (TPSA) is 82.2 Å². The van der Waals surface area contributed by atoms with Gasteiger partial charge in [-0.25, -0.2) is 0 Å². The Morgan fingerprint density at radius 1 is 1.67 bits per heavy atom. The molecule has 82 valence electrons. The fraction of sp³-hybridized carbons (Fsp3) is 0.333. The molecule has 15 heavy (non-hydrogen) atoms. The average molecular weight is 275 g/mol. The minimum absolute atomic E-state index is 0.116. The van der Waals surface area contributed by atoms with E-state index in [1.165, 1.54) is 6.92 Å². The summed E-state index contributed by atoms with van der Waals surface area (Å²) in [6, 6.07) is 1.63. The van der Waals surface area contributed by atoms with Gasteiger partial charge in [0, 0.05) is 17.2 Å². The van der Waals surface area contributed by atoms with Crippen molar-refractivity contribution >= 4 is 27.8 Å². The molecule has 0 aliphatic carbocycles. The van der Waals surface area contributed by atoms with Gasteiger partial charge < -0.3 is 15.4 Å². The summed E-state index contributed by atoms with van der Waals surface area (Å²) in [5.74, 6) is -1.83. The highest BCUT2D eigenvalue weighted by atomic mass is 79.9. The van der Waals surface area contributed by atoms with Crippen molar-refractivity contribution in [3.05, 3.63) is 22.4 Å². The predicted octanol–water partition coefficient (Wildman–Crippen LogP) is 1.23. The van der Waals surface area contributed by atoms with Gasteiger partial charge in [0.1, 0.15) is 5.69 Å². The Morgan fingerprint density at radius 2 is 2.33 bits per heavy atom. The van der Waals surface area contributed by atoms with Gasteiger partial charge in [-0.15, -0.1) is 0 Å². The van der Waals surface area contributed by atoms with Gasteiger partial charge >= 0.3 is 5.97 Å². The van der Waals surface area contributed by atoms with E-state index in [-0.39, 0.29) is 12.5 Å². The van der Waals surface area contributed by atoms with Crippen molar-refractivity contribution in [3.63, 3.8) is 0 Å². The van der Waals surface area contributed by atoms with E-state index < -0.39 is 11.9 Å². The lowest BCUT2D eigenvalue weighted by atomic mass is 10.2. The van der Waals surface area contributed by atoms with E-state index in [0.29, 0.717) is 5.69 Å². The van der Waals surface area contributed by atoms with Gasteiger partial charge in [0.15, 0.2) is 0 Å². The van der Waals surface area contributed by atoms with Crippen molar-refractivity contribution in [2.45, 2.75) is 6.92 Å². The summed E-state index contributed by atoms with van der Waals surface area (Å²) < 4.78 is 0.777. The number of aromatic amines is 1. The zero-order valence-electron chi connectivity index (χ0n) is 8.08. The molecule has 1 heterocycles. The van der Waals surface area contributed by atoms with Crippen LogP contribution in [-0.2, 0) is 4.79 Å². The van der Waals surface area contributed by atoms with Crippen LogP contribution in [0.25, 0.3) is 0 Å². The van der Waals surface area contributed by atoms with Crippen molar-refractivity contribution in [1.82, 2.24) is 10.3 Å². The molecular formula is C9H11BrN2O3. The number of aromatic nitrogens is 1. The molecule has 0 aliphatic heterocycles. The molecule has 1 aromatic heterocycles. The zero-order chi connectivity index (χ0) is 11.4. The number of carboxylic acids is 1. The number of carbonyl (C=O) groups excluding carboxylic acids is 1. The highest BCUT2D eigenvalue weighted by Crippen LogP contribution is 2.10. The summed E-state index contributed by atoms with van der Waals surface area (Å²) in [5, 5.41) is 11.1. The number of halogens is 1. The van der Waals surface area contributed by atoms with Gasteiger partial charge in [-0.05, 0) is 22.0 Å². The van der Waals surface area contributed by atoms with Crippen LogP contribution in [0.1, 0.15) is 17.4 Å². The van der Waals surface area contributed by atoms with Crippen LogP contribution in [0.2, 0.25) is 0 Å². The van der Waals surface area contributed by atoms with Crippen LogP contribution in [0.15, 0.2) is 16.7 Å². The highest BCUT2D eigenvalue weighted by Gasteiger charge is 2.13. The Balaban J connectivity index is 2.47. The van der Waals surface area contributed by atoms with Gasteiger partial charge in [-0.1, -0.05) is 6.92 Å². The Morgan fingerprint density at radius 3 is 2.80 bits per heavy atom. The number of amides is 1. The number of aliphatic carboxylic acids is 1. The average Bonchev–Trinajstić information content (AvgIpc) is 2.60. The second-order valence-electron chi connectivity index (χ2n) is 3.18. The number of hydrogen-bond donors (Lipinski definition) is 3. The van der Waals surface area contributed by atoms with E-state index in [2.05, 4.69) is 26.2 Å². The molecule has 0 bridgehead atoms. The van der Waals surface area contributed by atoms with E-state index in [9.17, 15) is 9.59 Å². The monoisotopic (exact) mass is 274 g/mol. The van der Waals surface area contributed by atoms with E-state index in [1.54, 1.807) is 12.3 Å². The third kappa shape index (κ3) is 3.39. The smallest absolute Gasteiger partial charge is 0.308 e. The predicted molar refractivity (Wildman–Crippen MR) is 57.6 cm³/mol. The van der Waals surface area contributed by atoms with Crippen molar-refractivity contribution in [2.24, 2.45) is 5.92 Å². The van der Waals surface area contributed by atoms with Gasteiger partial charge in [0.2, 0.25) is 0 Å². The summed E-state index contributed by atoms with van der Waals surface area (Å²) >= 11 is 3.20. The van der Waals surface area contributed by atoms with Crippen LogP contribution >= 0.6 is 15.9 Å². The fourth-order valence-corrected chi connectivity index (χ4v) is 1.27. The molecule has 0 saturated heterocycles. The minimum Gasteiger partial charge on any atom is -0.481 e. The molecule has 1 atom stereocenters. The van der Waals surface area contributed by atoms with Crippen LogP contribution in [0, 0.1) is 5.92 Å². The molecule has 1 unspecified atom stereocenters. The summed E-state index contributed by atoms with van der Waals surface area (Å²) in [4.78, 5) is 24.7. The van der Waals surface area contributed by atoms with E-state index >= 15 is 0 Å². The third-order valence-electron chi connectivity index (χ3n) is 1.88. The molecule has 5 nitrogen and oxygen atoms in total. The van der Waals surface area contributed by atoms with Gasteiger partial charge in [-0.3, -0.25) is 9.59 Å². The highest BCUT2D eigenvalue weighted by molar-refractivity contribution is 9.10. The Labute approximate surface area is 95.0 Å². The quantitative estimate of drug-likeness (QED) is 0.772. The first kappa shape index (κ1) is 11.8. The molecule has 1 rings (SSSR count). The maximum atomic E-state index is 11.4. The molecule has 0 aromatic carbocycles. The molecule has 0 spiro atoms. The lowest BCUT2D eigenvalue weighted by molar-refractivity contribution is -0.140. The SMILES string of the molecule is CC(CNC(=O)c1cc(Br)c[nH]1)C(=O)O. The summed E-state index contributed by atoms with van der Waals surface area (Å²) in [6.07, 6.45) is 1.63. The summed E-state index contributed by atoms with van der Waals surface area (Å²) in [6.45, 7) is 1.65.